The summed E-state index contributed by atoms with van der Waals surface area (Å²) >= 11 is 0. The largest absolute Gasteiger partial charge is 0.493 e. The number of anilines is 1. The van der Waals surface area contributed by atoms with Crippen molar-refractivity contribution in [1.82, 2.24) is 5.32 Å². The summed E-state index contributed by atoms with van der Waals surface area (Å²) in [6.07, 6.45) is 0.434. The highest BCUT2D eigenvalue weighted by Gasteiger charge is 2.32. The Bertz CT molecular complexity index is 1210. The quantitative estimate of drug-likeness (QED) is 0.272. The van der Waals surface area contributed by atoms with Crippen LogP contribution in [0.15, 0.2) is 12.1 Å². The Hall–Kier alpha value is -3.31. The Labute approximate surface area is 231 Å². The zero-order chi connectivity index (χ0) is 27.2. The van der Waals surface area contributed by atoms with Crippen molar-refractivity contribution in [2.75, 3.05) is 39.4 Å². The summed E-state index contributed by atoms with van der Waals surface area (Å²) in [5, 5.41) is 6.11. The molecule has 2 heterocycles. The zero-order valence-electron chi connectivity index (χ0n) is 22.1. The van der Waals surface area contributed by atoms with Gasteiger partial charge in [0.25, 0.3) is 0 Å². The van der Waals surface area contributed by atoms with Crippen LogP contribution in [-0.4, -0.2) is 51.8 Å². The van der Waals surface area contributed by atoms with Gasteiger partial charge in [-0.25, -0.2) is 8.78 Å². The van der Waals surface area contributed by atoms with E-state index in [0.717, 1.165) is 5.56 Å². The van der Waals surface area contributed by atoms with Gasteiger partial charge in [0.15, 0.2) is 40.4 Å². The Morgan fingerprint density at radius 3 is 2.23 bits per heavy atom. The highest BCUT2D eigenvalue weighted by molar-refractivity contribution is 5.91. The molecule has 39 heavy (non-hydrogen) atoms. The standard InChI is InChI=1S/C27H32F2N2O7.ClH/c1-4-36-23(33)7-6-20(32)19-11-16-18(31-19)12-22(35-3)27(24(16)28)38-9-5-8-37-26-21(34-2)10-15-13-30-14-17(15)25(26)29;/h10,12,19,30-31H,4-9,11,13-14H2,1-3H3;1H. The van der Waals surface area contributed by atoms with E-state index in [-0.39, 0.29) is 74.5 Å². The molecular weight excluding hydrogens is 538 g/mol. The maximum absolute atomic E-state index is 15.4. The monoisotopic (exact) mass is 570 g/mol. The molecule has 0 fully saturated rings. The van der Waals surface area contributed by atoms with Crippen LogP contribution in [-0.2, 0) is 33.8 Å². The average Bonchev–Trinajstić information content (AvgIpc) is 3.56. The number of nitrogens with one attached hydrogen (secondary N) is 2. The number of fused-ring (bicyclic) bond motifs is 2. The number of methoxy groups -OCH3 is 2. The van der Waals surface area contributed by atoms with Crippen molar-refractivity contribution in [3.8, 4) is 23.0 Å². The topological polar surface area (TPSA) is 104 Å². The Kier molecular flexibility index (Phi) is 10.6. The molecule has 0 bridgehead atoms. The van der Waals surface area contributed by atoms with Crippen molar-refractivity contribution >= 4 is 29.8 Å². The number of esters is 1. The average molecular weight is 571 g/mol. The third-order valence-electron chi connectivity index (χ3n) is 6.52. The second-order valence-electron chi connectivity index (χ2n) is 8.93. The molecule has 0 saturated heterocycles. The van der Waals surface area contributed by atoms with Crippen molar-refractivity contribution < 1.29 is 42.1 Å². The molecule has 0 radical (unpaired) electrons. The van der Waals surface area contributed by atoms with Crippen LogP contribution >= 0.6 is 12.4 Å². The van der Waals surface area contributed by atoms with E-state index in [2.05, 4.69) is 10.6 Å². The Balaban J connectivity index is 0.00000420. The number of carbonyl (C=O) groups excluding carboxylic acids is 2. The van der Waals surface area contributed by atoms with Gasteiger partial charge in [-0.15, -0.1) is 12.4 Å². The number of ether oxygens (including phenoxy) is 5. The van der Waals surface area contributed by atoms with Gasteiger partial charge in [-0.3, -0.25) is 9.59 Å². The van der Waals surface area contributed by atoms with Crippen LogP contribution in [0.3, 0.4) is 0 Å². The van der Waals surface area contributed by atoms with Crippen LogP contribution in [0.25, 0.3) is 0 Å². The molecule has 0 aromatic heterocycles. The molecule has 0 spiro atoms. The Morgan fingerprint density at radius 1 is 0.949 bits per heavy atom. The third kappa shape index (κ3) is 6.65. The van der Waals surface area contributed by atoms with E-state index in [1.165, 1.54) is 14.2 Å². The molecule has 2 aliphatic rings. The molecule has 1 unspecified atom stereocenters. The van der Waals surface area contributed by atoms with Crippen molar-refractivity contribution in [3.63, 3.8) is 0 Å². The SMILES string of the molecule is CCOC(=O)CCC(=O)C1Cc2c(cc(OC)c(OCCCOc3c(OC)cc4c(c3F)CNC4)c2F)N1.Cl. The molecule has 0 saturated carbocycles. The molecule has 2 aliphatic heterocycles. The lowest BCUT2D eigenvalue weighted by Crippen LogP contribution is -2.27. The second kappa shape index (κ2) is 13.7. The predicted molar refractivity (Wildman–Crippen MR) is 141 cm³/mol. The lowest BCUT2D eigenvalue weighted by Gasteiger charge is -2.16. The van der Waals surface area contributed by atoms with E-state index >= 15 is 4.39 Å². The molecule has 12 heteroatoms. The summed E-state index contributed by atoms with van der Waals surface area (Å²) in [6.45, 7) is 3.14. The van der Waals surface area contributed by atoms with E-state index < -0.39 is 23.6 Å². The van der Waals surface area contributed by atoms with Crippen LogP contribution in [0, 0.1) is 11.6 Å². The van der Waals surface area contributed by atoms with Gasteiger partial charge < -0.3 is 34.3 Å². The summed E-state index contributed by atoms with van der Waals surface area (Å²) in [6, 6.07) is 2.69. The van der Waals surface area contributed by atoms with Gasteiger partial charge in [-0.05, 0) is 18.6 Å². The number of hydrogen-bond donors (Lipinski definition) is 2. The van der Waals surface area contributed by atoms with Gasteiger partial charge in [-0.2, -0.15) is 0 Å². The van der Waals surface area contributed by atoms with Crippen LogP contribution in [0.4, 0.5) is 14.5 Å². The lowest BCUT2D eigenvalue weighted by atomic mass is 10.0. The fourth-order valence-electron chi connectivity index (χ4n) is 4.59. The predicted octanol–water partition coefficient (Wildman–Crippen LogP) is 4.10. The number of hydrogen-bond acceptors (Lipinski definition) is 9. The molecule has 9 nitrogen and oxygen atoms in total. The highest BCUT2D eigenvalue weighted by atomic mass is 35.5. The van der Waals surface area contributed by atoms with Crippen LogP contribution in [0.1, 0.15) is 42.9 Å². The van der Waals surface area contributed by atoms with E-state index in [4.69, 9.17) is 23.7 Å². The molecule has 1 atom stereocenters. The molecular formula is C27H33ClF2N2O7. The smallest absolute Gasteiger partial charge is 0.306 e. The first-order chi connectivity index (χ1) is 18.4. The lowest BCUT2D eigenvalue weighted by molar-refractivity contribution is -0.144. The van der Waals surface area contributed by atoms with Gasteiger partial charge in [-0.1, -0.05) is 0 Å². The Morgan fingerprint density at radius 2 is 1.59 bits per heavy atom. The van der Waals surface area contributed by atoms with Crippen LogP contribution in [0.2, 0.25) is 0 Å². The number of carbonyl (C=O) groups is 2. The first-order valence-electron chi connectivity index (χ1n) is 12.6. The minimum atomic E-state index is -0.658. The van der Waals surface area contributed by atoms with Gasteiger partial charge in [0.1, 0.15) is 0 Å². The fraction of sp³-hybridized carbons (Fsp3) is 0.481. The zero-order valence-corrected chi connectivity index (χ0v) is 22.9. The second-order valence-corrected chi connectivity index (χ2v) is 8.93. The molecule has 214 valence electrons. The van der Waals surface area contributed by atoms with Crippen molar-refractivity contribution in [1.29, 1.82) is 0 Å². The van der Waals surface area contributed by atoms with Crippen LogP contribution in [0.5, 0.6) is 23.0 Å². The molecule has 0 aliphatic carbocycles. The number of ketones is 1. The number of Topliss-reactive ketones (excluding diaryl/α,β-unsaturated/α-hetero) is 1. The van der Waals surface area contributed by atoms with Gasteiger partial charge in [0.05, 0.1) is 46.5 Å². The normalized spacial score (nSPS) is 14.9. The first-order valence-corrected chi connectivity index (χ1v) is 12.6. The molecule has 0 amide bonds. The van der Waals surface area contributed by atoms with Gasteiger partial charge in [0, 0.05) is 55.2 Å². The van der Waals surface area contributed by atoms with Crippen molar-refractivity contribution in [2.24, 2.45) is 0 Å². The van der Waals surface area contributed by atoms with E-state index in [9.17, 15) is 14.0 Å². The summed E-state index contributed by atoms with van der Waals surface area (Å²) in [5.41, 5.74) is 2.16. The number of rotatable bonds is 13. The van der Waals surface area contributed by atoms with E-state index in [1.54, 1.807) is 19.1 Å². The number of halogens is 3. The summed E-state index contributed by atoms with van der Waals surface area (Å²) in [4.78, 5) is 24.1. The molecule has 2 aromatic rings. The van der Waals surface area contributed by atoms with Gasteiger partial charge >= 0.3 is 5.97 Å². The maximum Gasteiger partial charge on any atom is 0.306 e. The van der Waals surface area contributed by atoms with Gasteiger partial charge in [0.2, 0.25) is 0 Å². The third-order valence-corrected chi connectivity index (χ3v) is 6.52. The van der Waals surface area contributed by atoms with Crippen LogP contribution < -0.4 is 29.6 Å². The van der Waals surface area contributed by atoms with Crippen molar-refractivity contribution in [2.45, 2.75) is 51.7 Å². The molecule has 2 aromatic carbocycles. The summed E-state index contributed by atoms with van der Waals surface area (Å²) in [7, 11) is 2.85. The van der Waals surface area contributed by atoms with Crippen molar-refractivity contribution in [3.05, 3.63) is 40.5 Å². The van der Waals surface area contributed by atoms with E-state index in [1.807, 2.05) is 0 Å². The minimum Gasteiger partial charge on any atom is -0.493 e. The fourth-order valence-corrected chi connectivity index (χ4v) is 4.59. The summed E-state index contributed by atoms with van der Waals surface area (Å²) < 4.78 is 57.1. The maximum atomic E-state index is 15.4. The highest BCUT2D eigenvalue weighted by Crippen LogP contribution is 2.41. The minimum absolute atomic E-state index is 0. The molecule has 4 rings (SSSR count). The molecule has 2 N–H and O–H groups in total. The number of benzene rings is 2. The van der Waals surface area contributed by atoms with E-state index in [0.29, 0.717) is 42.1 Å². The first kappa shape index (κ1) is 30.2. The summed E-state index contributed by atoms with van der Waals surface area (Å²) in [5.74, 6) is -1.26.